The summed E-state index contributed by atoms with van der Waals surface area (Å²) >= 11 is 0. The number of allylic oxidation sites excluding steroid dienone is 4. The first-order valence-electron chi connectivity index (χ1n) is 25.6. The van der Waals surface area contributed by atoms with E-state index in [1.54, 1.807) is 0 Å². The number of carbonyl (C=O) groups is 2. The third-order valence-corrected chi connectivity index (χ3v) is 11.8. The van der Waals surface area contributed by atoms with E-state index in [-0.39, 0.29) is 18.5 Å². The quantitative estimate of drug-likeness (QED) is 0.0323. The molecule has 1 amide bonds. The third kappa shape index (κ3) is 43.9. The topological polar surface area (TPSA) is 95.9 Å². The highest BCUT2D eigenvalue weighted by Crippen LogP contribution is 2.16. The molecule has 0 saturated carbocycles. The van der Waals surface area contributed by atoms with Crippen molar-refractivity contribution in [3.8, 4) is 0 Å². The van der Waals surface area contributed by atoms with E-state index in [9.17, 15) is 19.8 Å². The molecule has 6 heteroatoms. The molecule has 2 atom stereocenters. The van der Waals surface area contributed by atoms with Crippen LogP contribution in [-0.4, -0.2) is 47.4 Å². The first-order valence-corrected chi connectivity index (χ1v) is 25.6. The lowest BCUT2D eigenvalue weighted by atomic mass is 10.0. The van der Waals surface area contributed by atoms with Crippen LogP contribution in [0.25, 0.3) is 0 Å². The van der Waals surface area contributed by atoms with Crippen LogP contribution in [0.2, 0.25) is 0 Å². The Kier molecular flexibility index (Phi) is 46.6. The maximum Gasteiger partial charge on any atom is 0.305 e. The predicted octanol–water partition coefficient (Wildman–Crippen LogP) is 15.1. The van der Waals surface area contributed by atoms with Crippen molar-refractivity contribution in [2.75, 3.05) is 13.2 Å². The molecule has 0 aliphatic rings. The van der Waals surface area contributed by atoms with Gasteiger partial charge >= 0.3 is 5.97 Å². The monoisotopic (exact) mass is 818 g/mol. The summed E-state index contributed by atoms with van der Waals surface area (Å²) in [6.45, 7) is 4.88. The molecule has 3 N–H and O–H groups in total. The number of aliphatic hydroxyl groups is 2. The van der Waals surface area contributed by atoms with Gasteiger partial charge in [0.05, 0.1) is 25.4 Å². The molecule has 58 heavy (non-hydrogen) atoms. The summed E-state index contributed by atoms with van der Waals surface area (Å²) in [5, 5.41) is 23.1. The van der Waals surface area contributed by atoms with Crippen LogP contribution in [0.3, 0.4) is 0 Å². The molecule has 6 nitrogen and oxygen atoms in total. The van der Waals surface area contributed by atoms with Crippen molar-refractivity contribution in [3.63, 3.8) is 0 Å². The lowest BCUT2D eigenvalue weighted by molar-refractivity contribution is -0.143. The van der Waals surface area contributed by atoms with E-state index in [0.717, 1.165) is 64.2 Å². The number of amides is 1. The molecule has 0 aromatic heterocycles. The SMILES string of the molecule is CCCCC/C=C\C/C=C\CCCCCCCCCCCC(=O)OCCCCCCCCCCCCCCC(=O)NC(CO)C(O)CCCCCCCCCCCC. The first-order chi connectivity index (χ1) is 28.5. The summed E-state index contributed by atoms with van der Waals surface area (Å²) in [5.74, 6) is -0.0661. The molecule has 342 valence electrons. The zero-order valence-electron chi connectivity index (χ0n) is 38.8. The summed E-state index contributed by atoms with van der Waals surface area (Å²) in [5.41, 5.74) is 0. The van der Waals surface area contributed by atoms with Crippen molar-refractivity contribution < 1.29 is 24.5 Å². The Labute approximate surface area is 361 Å². The number of hydrogen-bond donors (Lipinski definition) is 3. The fourth-order valence-electron chi connectivity index (χ4n) is 7.79. The molecule has 0 bridgehead atoms. The number of rotatable bonds is 47. The Morgan fingerprint density at radius 1 is 0.483 bits per heavy atom. The van der Waals surface area contributed by atoms with Crippen molar-refractivity contribution in [3.05, 3.63) is 24.3 Å². The summed E-state index contributed by atoms with van der Waals surface area (Å²) in [6.07, 6.45) is 55.7. The molecule has 0 fully saturated rings. The van der Waals surface area contributed by atoms with E-state index in [1.807, 2.05) is 0 Å². The summed E-state index contributed by atoms with van der Waals surface area (Å²) in [6, 6.07) is -0.551. The van der Waals surface area contributed by atoms with Gasteiger partial charge in [-0.1, -0.05) is 224 Å². The Balaban J connectivity index is 3.43. The highest BCUT2D eigenvalue weighted by molar-refractivity contribution is 5.76. The van der Waals surface area contributed by atoms with E-state index in [4.69, 9.17) is 4.74 Å². The average Bonchev–Trinajstić information content (AvgIpc) is 3.22. The molecule has 0 rings (SSSR count). The first kappa shape index (κ1) is 56.3. The Hall–Kier alpha value is -1.66. The van der Waals surface area contributed by atoms with E-state index >= 15 is 0 Å². The van der Waals surface area contributed by atoms with Gasteiger partial charge in [0.1, 0.15) is 0 Å². The molecule has 0 radical (unpaired) electrons. The zero-order valence-corrected chi connectivity index (χ0v) is 38.8. The minimum absolute atomic E-state index is 0.0134. The van der Waals surface area contributed by atoms with Gasteiger partial charge in [-0.05, 0) is 57.8 Å². The molecular formula is C52H99NO5. The van der Waals surface area contributed by atoms with Gasteiger partial charge in [0.15, 0.2) is 0 Å². The van der Waals surface area contributed by atoms with E-state index in [1.165, 1.54) is 173 Å². The minimum atomic E-state index is -0.672. The molecule has 0 aromatic carbocycles. The molecule has 0 aliphatic carbocycles. The van der Waals surface area contributed by atoms with Crippen LogP contribution in [0.4, 0.5) is 0 Å². The summed E-state index contributed by atoms with van der Waals surface area (Å²) < 4.78 is 5.47. The van der Waals surface area contributed by atoms with Gasteiger partial charge in [-0.3, -0.25) is 9.59 Å². The van der Waals surface area contributed by atoms with Crippen LogP contribution in [-0.2, 0) is 14.3 Å². The van der Waals surface area contributed by atoms with Crippen LogP contribution in [0.1, 0.15) is 271 Å². The van der Waals surface area contributed by atoms with Gasteiger partial charge in [-0.25, -0.2) is 0 Å². The summed E-state index contributed by atoms with van der Waals surface area (Å²) in [4.78, 5) is 24.5. The van der Waals surface area contributed by atoms with Gasteiger partial charge in [0.25, 0.3) is 0 Å². The van der Waals surface area contributed by atoms with Crippen molar-refractivity contribution in [2.24, 2.45) is 0 Å². The van der Waals surface area contributed by atoms with Crippen molar-refractivity contribution in [2.45, 2.75) is 283 Å². The van der Waals surface area contributed by atoms with Crippen LogP contribution in [0, 0.1) is 0 Å². The fourth-order valence-corrected chi connectivity index (χ4v) is 7.79. The molecular weight excluding hydrogens is 719 g/mol. The number of hydrogen-bond acceptors (Lipinski definition) is 5. The van der Waals surface area contributed by atoms with Crippen LogP contribution < -0.4 is 5.32 Å². The summed E-state index contributed by atoms with van der Waals surface area (Å²) in [7, 11) is 0. The number of unbranched alkanes of at least 4 members (excludes halogenated alkanes) is 32. The van der Waals surface area contributed by atoms with E-state index in [2.05, 4.69) is 43.5 Å². The second kappa shape index (κ2) is 48.0. The Morgan fingerprint density at radius 3 is 1.34 bits per heavy atom. The van der Waals surface area contributed by atoms with Crippen LogP contribution in [0.5, 0.6) is 0 Å². The van der Waals surface area contributed by atoms with Crippen LogP contribution in [0.15, 0.2) is 24.3 Å². The van der Waals surface area contributed by atoms with Crippen molar-refractivity contribution >= 4 is 11.9 Å². The Bertz CT molecular complexity index is 904. The Morgan fingerprint density at radius 2 is 0.862 bits per heavy atom. The standard InChI is InChI=1S/C52H99NO5/c1-3-5-7-9-11-13-15-16-17-18-19-20-21-22-26-30-34-38-42-46-52(57)58-47-43-39-35-31-27-24-23-25-29-33-37-41-45-51(56)53-49(48-54)50(55)44-40-36-32-28-14-12-10-8-6-4-2/h11,13,16-17,49-50,54-55H,3-10,12,14-15,18-48H2,1-2H3,(H,53,56)/b13-11-,17-16-. The molecule has 2 unspecified atom stereocenters. The van der Waals surface area contributed by atoms with Gasteiger partial charge in [-0.15, -0.1) is 0 Å². The molecule has 0 saturated heterocycles. The third-order valence-electron chi connectivity index (χ3n) is 11.8. The minimum Gasteiger partial charge on any atom is -0.466 e. The van der Waals surface area contributed by atoms with Crippen LogP contribution >= 0.6 is 0 Å². The molecule has 0 aliphatic heterocycles. The predicted molar refractivity (Wildman–Crippen MR) is 250 cm³/mol. The highest BCUT2D eigenvalue weighted by atomic mass is 16.5. The highest BCUT2D eigenvalue weighted by Gasteiger charge is 2.20. The van der Waals surface area contributed by atoms with E-state index in [0.29, 0.717) is 25.9 Å². The molecule has 0 heterocycles. The molecule has 0 spiro atoms. The zero-order chi connectivity index (χ0) is 42.3. The second-order valence-electron chi connectivity index (χ2n) is 17.5. The average molecular weight is 818 g/mol. The molecule has 0 aromatic rings. The number of nitrogens with one attached hydrogen (secondary N) is 1. The van der Waals surface area contributed by atoms with Crippen molar-refractivity contribution in [1.29, 1.82) is 0 Å². The second-order valence-corrected chi connectivity index (χ2v) is 17.5. The van der Waals surface area contributed by atoms with Crippen molar-refractivity contribution in [1.82, 2.24) is 5.32 Å². The normalized spacial score (nSPS) is 12.8. The fraction of sp³-hybridized carbons (Fsp3) is 0.885. The largest absolute Gasteiger partial charge is 0.466 e. The van der Waals surface area contributed by atoms with E-state index < -0.39 is 12.1 Å². The van der Waals surface area contributed by atoms with Gasteiger partial charge in [0, 0.05) is 12.8 Å². The lowest BCUT2D eigenvalue weighted by Gasteiger charge is -2.22. The maximum absolute atomic E-state index is 12.4. The van der Waals surface area contributed by atoms with Gasteiger partial charge in [0.2, 0.25) is 5.91 Å². The number of aliphatic hydroxyl groups excluding tert-OH is 2. The lowest BCUT2D eigenvalue weighted by Crippen LogP contribution is -2.45. The smallest absolute Gasteiger partial charge is 0.305 e. The number of esters is 1. The van der Waals surface area contributed by atoms with Gasteiger partial charge < -0.3 is 20.3 Å². The maximum atomic E-state index is 12.4. The number of carbonyl (C=O) groups excluding carboxylic acids is 2. The number of ether oxygens (including phenoxy) is 1. The van der Waals surface area contributed by atoms with Gasteiger partial charge in [-0.2, -0.15) is 0 Å².